The molecule has 3 aliphatic heterocycles. The van der Waals surface area contributed by atoms with E-state index >= 15 is 0 Å². The molecule has 5 heteroatoms. The number of hydrogen-bond acceptors (Lipinski definition) is 4. The van der Waals surface area contributed by atoms with Crippen molar-refractivity contribution in [2.45, 2.75) is 43.2 Å². The largest absolute Gasteiger partial charge is 0.380 e. The number of likely N-dealkylation sites (N-methyl/N-ethyl adjacent to an activating group) is 1. The fraction of sp³-hybridized carbons (Fsp3) is 0.667. The molecule has 124 valence electrons. The van der Waals surface area contributed by atoms with Gasteiger partial charge in [-0.3, -0.25) is 14.7 Å². The Morgan fingerprint density at radius 2 is 2.00 bits per heavy atom. The summed E-state index contributed by atoms with van der Waals surface area (Å²) in [6.07, 6.45) is 7.58. The van der Waals surface area contributed by atoms with Gasteiger partial charge in [0, 0.05) is 57.5 Å². The Bertz CT molecular complexity index is 563. The van der Waals surface area contributed by atoms with Crippen molar-refractivity contribution >= 4 is 5.91 Å². The summed E-state index contributed by atoms with van der Waals surface area (Å²) in [6, 6.07) is 4.74. The molecule has 0 saturated carbocycles. The second-order valence-corrected chi connectivity index (χ2v) is 7.15. The number of nitrogens with zero attached hydrogens (tertiary/aromatic N) is 3. The van der Waals surface area contributed by atoms with E-state index in [4.69, 9.17) is 4.74 Å². The number of rotatable bonds is 2. The molecule has 0 N–H and O–H groups in total. The summed E-state index contributed by atoms with van der Waals surface area (Å²) < 4.78 is 5.54. The molecule has 3 saturated heterocycles. The van der Waals surface area contributed by atoms with Gasteiger partial charge in [0.2, 0.25) is 5.91 Å². The first-order chi connectivity index (χ1) is 11.2. The number of carbonyl (C=O) groups excluding carboxylic acids is 1. The Hall–Kier alpha value is -1.46. The van der Waals surface area contributed by atoms with Gasteiger partial charge in [-0.25, -0.2) is 0 Å². The number of pyridine rings is 1. The summed E-state index contributed by atoms with van der Waals surface area (Å²) in [5.74, 6) is 0.578. The lowest BCUT2D eigenvalue weighted by molar-refractivity contribution is -0.130. The molecule has 1 spiro atoms. The fourth-order valence-electron chi connectivity index (χ4n) is 4.78. The third-order valence-corrected chi connectivity index (χ3v) is 6.26. The van der Waals surface area contributed by atoms with E-state index < -0.39 is 0 Å². The summed E-state index contributed by atoms with van der Waals surface area (Å²) in [5, 5.41) is 0. The zero-order valence-corrected chi connectivity index (χ0v) is 13.8. The minimum Gasteiger partial charge on any atom is -0.380 e. The predicted octanol–water partition coefficient (Wildman–Crippen LogP) is 1.65. The molecular weight excluding hydrogens is 290 g/mol. The van der Waals surface area contributed by atoms with E-state index in [0.29, 0.717) is 18.4 Å². The maximum absolute atomic E-state index is 12.4. The third kappa shape index (κ3) is 2.46. The highest BCUT2D eigenvalue weighted by Gasteiger charge is 2.53. The van der Waals surface area contributed by atoms with Crippen LogP contribution in [-0.4, -0.2) is 65.6 Å². The average molecular weight is 315 g/mol. The van der Waals surface area contributed by atoms with Gasteiger partial charge in [-0.1, -0.05) is 0 Å². The molecule has 4 heterocycles. The summed E-state index contributed by atoms with van der Waals surface area (Å²) in [4.78, 5) is 21.2. The molecule has 23 heavy (non-hydrogen) atoms. The number of likely N-dealkylation sites (tertiary alicyclic amines) is 2. The molecule has 5 nitrogen and oxygen atoms in total. The molecule has 1 aromatic rings. The lowest BCUT2D eigenvalue weighted by atomic mass is 9.73. The molecule has 2 atom stereocenters. The minimum absolute atomic E-state index is 0.0194. The Kier molecular flexibility index (Phi) is 3.85. The summed E-state index contributed by atoms with van der Waals surface area (Å²) >= 11 is 0. The maximum atomic E-state index is 12.4. The van der Waals surface area contributed by atoms with Crippen molar-refractivity contribution in [1.82, 2.24) is 14.8 Å². The van der Waals surface area contributed by atoms with Crippen LogP contribution in [0.4, 0.5) is 0 Å². The van der Waals surface area contributed by atoms with Crippen LogP contribution in [-0.2, 0) is 9.53 Å². The van der Waals surface area contributed by atoms with Gasteiger partial charge in [0.1, 0.15) is 0 Å². The summed E-state index contributed by atoms with van der Waals surface area (Å²) in [5.41, 5.74) is 1.24. The van der Waals surface area contributed by atoms with E-state index in [1.54, 1.807) is 0 Å². The van der Waals surface area contributed by atoms with Crippen LogP contribution in [0.25, 0.3) is 0 Å². The SMILES string of the molecule is CN1C(=O)C[C@@H](c2ccncc2)C12CCN([C@@H]1CCOC1)CC2. The van der Waals surface area contributed by atoms with Crippen molar-refractivity contribution in [1.29, 1.82) is 0 Å². The summed E-state index contributed by atoms with van der Waals surface area (Å²) in [6.45, 7) is 3.89. The smallest absolute Gasteiger partial charge is 0.223 e. The second kappa shape index (κ2) is 5.87. The van der Waals surface area contributed by atoms with E-state index in [0.717, 1.165) is 45.6 Å². The molecule has 3 aliphatic rings. The van der Waals surface area contributed by atoms with Crippen LogP contribution < -0.4 is 0 Å². The zero-order chi connectivity index (χ0) is 15.9. The van der Waals surface area contributed by atoms with Gasteiger partial charge in [-0.15, -0.1) is 0 Å². The fourth-order valence-corrected chi connectivity index (χ4v) is 4.78. The van der Waals surface area contributed by atoms with Crippen LogP contribution in [0, 0.1) is 0 Å². The lowest BCUT2D eigenvalue weighted by Gasteiger charge is -2.48. The quantitative estimate of drug-likeness (QED) is 0.832. The van der Waals surface area contributed by atoms with E-state index in [-0.39, 0.29) is 11.4 Å². The normalized spacial score (nSPS) is 31.2. The molecule has 0 bridgehead atoms. The topological polar surface area (TPSA) is 45.7 Å². The van der Waals surface area contributed by atoms with Crippen molar-refractivity contribution in [3.63, 3.8) is 0 Å². The molecule has 0 aliphatic carbocycles. The van der Waals surface area contributed by atoms with Crippen molar-refractivity contribution in [2.75, 3.05) is 33.4 Å². The first-order valence-corrected chi connectivity index (χ1v) is 8.69. The number of carbonyl (C=O) groups is 1. The Balaban J connectivity index is 1.56. The second-order valence-electron chi connectivity index (χ2n) is 7.15. The van der Waals surface area contributed by atoms with Crippen molar-refractivity contribution in [2.24, 2.45) is 0 Å². The van der Waals surface area contributed by atoms with Gasteiger partial charge in [-0.05, 0) is 37.0 Å². The molecule has 4 rings (SSSR count). The predicted molar refractivity (Wildman–Crippen MR) is 87.1 cm³/mol. The van der Waals surface area contributed by atoms with Crippen LogP contribution in [0.15, 0.2) is 24.5 Å². The van der Waals surface area contributed by atoms with Crippen LogP contribution >= 0.6 is 0 Å². The number of hydrogen-bond donors (Lipinski definition) is 0. The molecule has 0 radical (unpaired) electrons. The van der Waals surface area contributed by atoms with Crippen molar-refractivity contribution in [3.8, 4) is 0 Å². The van der Waals surface area contributed by atoms with E-state index in [9.17, 15) is 4.79 Å². The Morgan fingerprint density at radius 1 is 1.26 bits per heavy atom. The van der Waals surface area contributed by atoms with Gasteiger partial charge in [0.15, 0.2) is 0 Å². The van der Waals surface area contributed by atoms with E-state index in [2.05, 4.69) is 22.0 Å². The standard InChI is InChI=1S/C18H25N3O2/c1-20-17(22)12-16(14-2-7-19-8-3-14)18(20)5-9-21(10-6-18)15-4-11-23-13-15/h2-3,7-8,15-16H,4-6,9-13H2,1H3/t15-,16+/m1/s1. The van der Waals surface area contributed by atoms with Crippen LogP contribution in [0.2, 0.25) is 0 Å². The molecular formula is C18H25N3O2. The Morgan fingerprint density at radius 3 is 2.65 bits per heavy atom. The molecule has 1 aromatic heterocycles. The van der Waals surface area contributed by atoms with Crippen LogP contribution in [0.1, 0.15) is 37.2 Å². The van der Waals surface area contributed by atoms with E-state index in [1.807, 2.05) is 24.3 Å². The highest BCUT2D eigenvalue weighted by atomic mass is 16.5. The average Bonchev–Trinajstić information content (AvgIpc) is 3.21. The van der Waals surface area contributed by atoms with E-state index in [1.165, 1.54) is 5.56 Å². The van der Waals surface area contributed by atoms with Gasteiger partial charge < -0.3 is 9.64 Å². The van der Waals surface area contributed by atoms with Crippen molar-refractivity contribution < 1.29 is 9.53 Å². The Labute approximate surface area is 137 Å². The molecule has 3 fully saturated rings. The molecule has 0 unspecified atom stereocenters. The first-order valence-electron chi connectivity index (χ1n) is 8.69. The van der Waals surface area contributed by atoms with Gasteiger partial charge >= 0.3 is 0 Å². The van der Waals surface area contributed by atoms with Gasteiger partial charge in [0.05, 0.1) is 12.1 Å². The highest BCUT2D eigenvalue weighted by molar-refractivity contribution is 5.81. The zero-order valence-electron chi connectivity index (χ0n) is 13.8. The van der Waals surface area contributed by atoms with Gasteiger partial charge in [-0.2, -0.15) is 0 Å². The van der Waals surface area contributed by atoms with Crippen molar-refractivity contribution in [3.05, 3.63) is 30.1 Å². The lowest BCUT2D eigenvalue weighted by Crippen LogP contribution is -2.55. The van der Waals surface area contributed by atoms with Crippen LogP contribution in [0.5, 0.6) is 0 Å². The minimum atomic E-state index is -0.0194. The number of aromatic nitrogens is 1. The maximum Gasteiger partial charge on any atom is 0.223 e. The third-order valence-electron chi connectivity index (χ3n) is 6.26. The van der Waals surface area contributed by atoms with Gasteiger partial charge in [0.25, 0.3) is 0 Å². The number of piperidine rings is 1. The molecule has 1 amide bonds. The molecule has 0 aromatic carbocycles. The number of amides is 1. The van der Waals surface area contributed by atoms with Crippen LogP contribution in [0.3, 0.4) is 0 Å². The number of ether oxygens (including phenoxy) is 1. The monoisotopic (exact) mass is 315 g/mol. The highest BCUT2D eigenvalue weighted by Crippen LogP contribution is 2.48. The first kappa shape index (κ1) is 15.1. The summed E-state index contributed by atoms with van der Waals surface area (Å²) in [7, 11) is 2.00.